The molecule has 108 valence electrons. The first kappa shape index (κ1) is 13.4. The van der Waals surface area contributed by atoms with Crippen LogP contribution in [0, 0.1) is 5.82 Å². The molecule has 0 radical (unpaired) electrons. The maximum atomic E-state index is 13.1. The predicted molar refractivity (Wildman–Crippen MR) is 72.0 cm³/mol. The molecule has 1 aromatic heterocycles. The molecule has 21 heavy (non-hydrogen) atoms. The van der Waals surface area contributed by atoms with Crippen LogP contribution in [0.15, 0.2) is 29.3 Å². The number of amides is 2. The molecule has 1 atom stereocenters. The highest BCUT2D eigenvalue weighted by Crippen LogP contribution is 2.18. The second-order valence-corrected chi connectivity index (χ2v) is 4.94. The van der Waals surface area contributed by atoms with E-state index in [-0.39, 0.29) is 23.2 Å². The minimum absolute atomic E-state index is 0.237. The zero-order valence-electron chi connectivity index (χ0n) is 11.0. The van der Waals surface area contributed by atoms with Crippen molar-refractivity contribution in [2.75, 3.05) is 0 Å². The van der Waals surface area contributed by atoms with Crippen LogP contribution in [-0.4, -0.2) is 21.4 Å². The molecular formula is C14H12FN3O3. The summed E-state index contributed by atoms with van der Waals surface area (Å²) >= 11 is 0. The van der Waals surface area contributed by atoms with Crippen LogP contribution in [0.4, 0.5) is 4.39 Å². The Bertz CT molecular complexity index is 800. The largest absolute Gasteiger partial charge is 0.295 e. The number of nitrogens with zero attached hydrogens (tertiary/aromatic N) is 2. The molecule has 1 aromatic carbocycles. The van der Waals surface area contributed by atoms with Gasteiger partial charge in [-0.1, -0.05) is 0 Å². The van der Waals surface area contributed by atoms with Crippen LogP contribution in [-0.2, 0) is 9.59 Å². The van der Waals surface area contributed by atoms with Gasteiger partial charge in [-0.15, -0.1) is 0 Å². The lowest BCUT2D eigenvalue weighted by molar-refractivity contribution is -0.131. The molecule has 1 saturated heterocycles. The van der Waals surface area contributed by atoms with Crippen LogP contribution in [0.3, 0.4) is 0 Å². The molecule has 0 aliphatic carbocycles. The van der Waals surface area contributed by atoms with E-state index in [0.29, 0.717) is 12.8 Å². The zero-order valence-corrected chi connectivity index (χ0v) is 11.0. The second kappa shape index (κ2) is 5.08. The van der Waals surface area contributed by atoms with E-state index in [2.05, 4.69) is 10.3 Å². The molecule has 2 heterocycles. The molecule has 1 aliphatic rings. The Kier molecular flexibility index (Phi) is 3.25. The number of carbonyl (C=O) groups is 2. The molecule has 1 fully saturated rings. The monoisotopic (exact) mass is 289 g/mol. The third-order valence-corrected chi connectivity index (χ3v) is 3.53. The Morgan fingerprint density at radius 2 is 2.10 bits per heavy atom. The van der Waals surface area contributed by atoms with E-state index in [0.717, 1.165) is 6.07 Å². The first-order valence-corrected chi connectivity index (χ1v) is 6.56. The summed E-state index contributed by atoms with van der Waals surface area (Å²) in [6.45, 7) is 0. The summed E-state index contributed by atoms with van der Waals surface area (Å²) in [5.41, 5.74) is -0.184. The van der Waals surface area contributed by atoms with Crippen LogP contribution >= 0.6 is 0 Å². The number of hydrogen-bond acceptors (Lipinski definition) is 4. The lowest BCUT2D eigenvalue weighted by atomic mass is 10.1. The maximum absolute atomic E-state index is 13.1. The lowest BCUT2D eigenvalue weighted by Gasteiger charge is -2.15. The van der Waals surface area contributed by atoms with Crippen molar-refractivity contribution in [1.82, 2.24) is 14.9 Å². The quantitative estimate of drug-likeness (QED) is 0.791. The van der Waals surface area contributed by atoms with Gasteiger partial charge in [0.1, 0.15) is 11.9 Å². The van der Waals surface area contributed by atoms with Gasteiger partial charge in [0.15, 0.2) is 0 Å². The summed E-state index contributed by atoms with van der Waals surface area (Å²) < 4.78 is 14.3. The van der Waals surface area contributed by atoms with Gasteiger partial charge in [0.2, 0.25) is 11.8 Å². The molecule has 1 unspecified atom stereocenters. The summed E-state index contributed by atoms with van der Waals surface area (Å²) in [6, 6.07) is 2.91. The van der Waals surface area contributed by atoms with E-state index in [1.165, 1.54) is 23.0 Å². The Morgan fingerprint density at radius 3 is 2.90 bits per heavy atom. The Morgan fingerprint density at radius 1 is 1.29 bits per heavy atom. The molecule has 3 rings (SSSR count). The number of imide groups is 1. The van der Waals surface area contributed by atoms with Gasteiger partial charge < -0.3 is 0 Å². The third-order valence-electron chi connectivity index (χ3n) is 3.53. The van der Waals surface area contributed by atoms with E-state index in [4.69, 9.17) is 0 Å². The summed E-state index contributed by atoms with van der Waals surface area (Å²) in [7, 11) is 0. The van der Waals surface area contributed by atoms with Crippen molar-refractivity contribution >= 4 is 22.7 Å². The van der Waals surface area contributed by atoms with Crippen molar-refractivity contribution in [2.45, 2.75) is 25.3 Å². The van der Waals surface area contributed by atoms with Gasteiger partial charge in [-0.05, 0) is 25.0 Å². The Hall–Kier alpha value is -2.57. The van der Waals surface area contributed by atoms with Crippen molar-refractivity contribution in [1.29, 1.82) is 0 Å². The summed E-state index contributed by atoms with van der Waals surface area (Å²) in [6.07, 6.45) is 2.37. The normalized spacial score (nSPS) is 19.4. The number of rotatable bonds is 1. The fourth-order valence-electron chi connectivity index (χ4n) is 2.47. The van der Waals surface area contributed by atoms with E-state index < -0.39 is 23.3 Å². The average Bonchev–Trinajstić information content (AvgIpc) is 2.60. The van der Waals surface area contributed by atoms with Crippen LogP contribution in [0.2, 0.25) is 0 Å². The van der Waals surface area contributed by atoms with Gasteiger partial charge in [-0.25, -0.2) is 9.37 Å². The molecule has 0 spiro atoms. The Labute approximate surface area is 118 Å². The van der Waals surface area contributed by atoms with E-state index >= 15 is 0 Å². The van der Waals surface area contributed by atoms with E-state index in [9.17, 15) is 18.8 Å². The van der Waals surface area contributed by atoms with Gasteiger partial charge in [-0.2, -0.15) is 0 Å². The topological polar surface area (TPSA) is 81.1 Å². The van der Waals surface area contributed by atoms with Crippen molar-refractivity contribution < 1.29 is 14.0 Å². The first-order chi connectivity index (χ1) is 10.1. The molecule has 6 nitrogen and oxygen atoms in total. The number of carbonyl (C=O) groups excluding carboxylic acids is 2. The van der Waals surface area contributed by atoms with Crippen molar-refractivity contribution in [2.24, 2.45) is 0 Å². The number of halogens is 1. The second-order valence-electron chi connectivity index (χ2n) is 4.94. The highest BCUT2D eigenvalue weighted by molar-refractivity contribution is 5.97. The summed E-state index contributed by atoms with van der Waals surface area (Å²) in [5.74, 6) is -1.33. The van der Waals surface area contributed by atoms with Crippen LogP contribution in [0.25, 0.3) is 10.9 Å². The fourth-order valence-corrected chi connectivity index (χ4v) is 2.47. The van der Waals surface area contributed by atoms with Gasteiger partial charge in [0.05, 0.1) is 17.2 Å². The average molecular weight is 289 g/mol. The molecule has 1 aliphatic heterocycles. The van der Waals surface area contributed by atoms with Gasteiger partial charge in [0, 0.05) is 12.5 Å². The van der Waals surface area contributed by atoms with Crippen molar-refractivity contribution in [3.63, 3.8) is 0 Å². The van der Waals surface area contributed by atoms with E-state index in [1.807, 2.05) is 0 Å². The highest BCUT2D eigenvalue weighted by Gasteiger charge is 2.27. The number of aromatic nitrogens is 2. The van der Waals surface area contributed by atoms with Crippen molar-refractivity contribution in [3.05, 3.63) is 40.7 Å². The molecule has 7 heteroatoms. The van der Waals surface area contributed by atoms with Crippen LogP contribution in [0.5, 0.6) is 0 Å². The smallest absolute Gasteiger partial charge is 0.261 e. The van der Waals surface area contributed by atoms with Crippen LogP contribution < -0.4 is 10.9 Å². The van der Waals surface area contributed by atoms with Gasteiger partial charge >= 0.3 is 0 Å². The molecule has 0 saturated carbocycles. The number of hydrogen-bond donors (Lipinski definition) is 1. The Balaban J connectivity index is 2.10. The molecule has 1 N–H and O–H groups in total. The molecule has 2 amide bonds. The molecule has 2 aromatic rings. The zero-order chi connectivity index (χ0) is 15.0. The summed E-state index contributed by atoms with van der Waals surface area (Å²) in [5, 5.41) is 2.49. The third kappa shape index (κ3) is 2.42. The minimum Gasteiger partial charge on any atom is -0.295 e. The fraction of sp³-hybridized carbons (Fsp3) is 0.286. The minimum atomic E-state index is -0.772. The predicted octanol–water partition coefficient (Wildman–Crippen LogP) is 0.903. The van der Waals surface area contributed by atoms with Gasteiger partial charge in [0.25, 0.3) is 5.56 Å². The SMILES string of the molecule is O=C1CCCC(n2cnc3cc(F)ccc3c2=O)C(=O)N1. The lowest BCUT2D eigenvalue weighted by Crippen LogP contribution is -2.38. The van der Waals surface area contributed by atoms with Crippen LogP contribution in [0.1, 0.15) is 25.3 Å². The molecular weight excluding hydrogens is 277 g/mol. The standard InChI is InChI=1S/C14H12FN3O3/c15-8-4-5-9-10(6-8)16-7-18(14(9)21)11-2-1-3-12(19)17-13(11)20/h4-7,11H,1-3H2,(H,17,19,20). The number of benzene rings is 1. The number of fused-ring (bicyclic) bond motifs is 1. The number of nitrogens with one attached hydrogen (secondary N) is 1. The summed E-state index contributed by atoms with van der Waals surface area (Å²) in [4.78, 5) is 39.8. The highest BCUT2D eigenvalue weighted by atomic mass is 19.1. The molecule has 0 bridgehead atoms. The first-order valence-electron chi connectivity index (χ1n) is 6.56. The van der Waals surface area contributed by atoms with E-state index in [1.54, 1.807) is 0 Å². The van der Waals surface area contributed by atoms with Gasteiger partial charge in [-0.3, -0.25) is 24.3 Å². The maximum Gasteiger partial charge on any atom is 0.261 e. The van der Waals surface area contributed by atoms with Crippen molar-refractivity contribution in [3.8, 4) is 0 Å².